The summed E-state index contributed by atoms with van der Waals surface area (Å²) >= 11 is 0. The van der Waals surface area contributed by atoms with Crippen LogP contribution in [-0.4, -0.2) is 21.8 Å². The first-order valence-corrected chi connectivity index (χ1v) is 10.6. The third kappa shape index (κ3) is 4.34. The molecule has 0 bridgehead atoms. The highest BCUT2D eigenvalue weighted by molar-refractivity contribution is 5.97. The number of fused-ring (bicyclic) bond motifs is 1. The molecule has 4 aromatic rings. The van der Waals surface area contributed by atoms with Gasteiger partial charge in [-0.1, -0.05) is 24.3 Å². The Bertz CT molecular complexity index is 1270. The fourth-order valence-corrected chi connectivity index (χ4v) is 3.92. The van der Waals surface area contributed by atoms with E-state index in [9.17, 15) is 9.59 Å². The van der Waals surface area contributed by atoms with Crippen LogP contribution in [0.3, 0.4) is 0 Å². The van der Waals surface area contributed by atoms with E-state index in [1.807, 2.05) is 60.7 Å². The maximum atomic E-state index is 12.7. The molecule has 6 nitrogen and oxygen atoms in total. The fraction of sp³-hybridized carbons (Fsp3) is 0.154. The van der Waals surface area contributed by atoms with Gasteiger partial charge in [0.15, 0.2) is 0 Å². The highest BCUT2D eigenvalue weighted by Crippen LogP contribution is 2.48. The minimum atomic E-state index is -0.128. The summed E-state index contributed by atoms with van der Waals surface area (Å²) in [6.07, 6.45) is 7.80. The van der Waals surface area contributed by atoms with Gasteiger partial charge in [-0.2, -0.15) is 0 Å². The van der Waals surface area contributed by atoms with Crippen molar-refractivity contribution in [3.63, 3.8) is 0 Å². The molecule has 2 N–H and O–H groups in total. The Balaban J connectivity index is 1.17. The number of carbonyl (C=O) groups is 2. The predicted molar refractivity (Wildman–Crippen MR) is 123 cm³/mol. The lowest BCUT2D eigenvalue weighted by atomic mass is 10.1. The standard InChI is InChI=1S/C26H22N4O2/c31-25(29-15-17-2-1-10-27-14-17)19-5-3-18(4-6-19)23-13-24(23)26(32)30-22-8-7-21-16-28-11-9-20(21)12-22/h1-12,14,16,23-24H,13,15H2,(H,29,31)(H,30,32)/t23-,24?/m0/s1. The lowest BCUT2D eigenvalue weighted by Gasteiger charge is -2.08. The number of rotatable bonds is 6. The van der Waals surface area contributed by atoms with Crippen LogP contribution in [0.1, 0.15) is 33.8 Å². The summed E-state index contributed by atoms with van der Waals surface area (Å²) in [5.74, 6) is 0.0410. The fourth-order valence-electron chi connectivity index (χ4n) is 3.92. The Labute approximate surface area is 185 Å². The van der Waals surface area contributed by atoms with E-state index in [1.54, 1.807) is 24.8 Å². The van der Waals surface area contributed by atoms with Crippen LogP contribution in [0.15, 0.2) is 85.5 Å². The number of carbonyl (C=O) groups excluding carboxylic acids is 2. The summed E-state index contributed by atoms with van der Waals surface area (Å²) in [7, 11) is 0. The number of anilines is 1. The summed E-state index contributed by atoms with van der Waals surface area (Å²) in [5, 5.41) is 8.01. The van der Waals surface area contributed by atoms with E-state index in [0.29, 0.717) is 12.1 Å². The van der Waals surface area contributed by atoms with Gasteiger partial charge in [0.25, 0.3) is 5.91 Å². The van der Waals surface area contributed by atoms with E-state index in [0.717, 1.165) is 34.0 Å². The molecule has 0 saturated heterocycles. The van der Waals surface area contributed by atoms with Crippen molar-refractivity contribution in [2.24, 2.45) is 5.92 Å². The highest BCUT2D eigenvalue weighted by Gasteiger charge is 2.43. The second-order valence-corrected chi connectivity index (χ2v) is 8.04. The molecule has 2 atom stereocenters. The quantitative estimate of drug-likeness (QED) is 0.485. The van der Waals surface area contributed by atoms with E-state index >= 15 is 0 Å². The molecule has 1 saturated carbocycles. The Morgan fingerprint density at radius 3 is 2.56 bits per heavy atom. The van der Waals surface area contributed by atoms with Crippen molar-refractivity contribution in [1.82, 2.24) is 15.3 Å². The van der Waals surface area contributed by atoms with Gasteiger partial charge in [-0.3, -0.25) is 19.6 Å². The third-order valence-corrected chi connectivity index (χ3v) is 5.81. The van der Waals surface area contributed by atoms with Crippen molar-refractivity contribution in [3.8, 4) is 0 Å². The zero-order valence-corrected chi connectivity index (χ0v) is 17.4. The van der Waals surface area contributed by atoms with Gasteiger partial charge in [0.05, 0.1) is 0 Å². The second kappa shape index (κ2) is 8.59. The van der Waals surface area contributed by atoms with Gasteiger partial charge in [-0.25, -0.2) is 0 Å². The average molecular weight is 422 g/mol. The average Bonchev–Trinajstić information content (AvgIpc) is 3.64. The molecule has 2 heterocycles. The molecule has 5 rings (SSSR count). The van der Waals surface area contributed by atoms with E-state index < -0.39 is 0 Å². The van der Waals surface area contributed by atoms with Gasteiger partial charge < -0.3 is 10.6 Å². The van der Waals surface area contributed by atoms with Crippen molar-refractivity contribution in [2.75, 3.05) is 5.32 Å². The number of hydrogen-bond donors (Lipinski definition) is 2. The Morgan fingerprint density at radius 2 is 1.75 bits per heavy atom. The first-order chi connectivity index (χ1) is 15.7. The molecule has 1 fully saturated rings. The highest BCUT2D eigenvalue weighted by atomic mass is 16.2. The van der Waals surface area contributed by atoms with Crippen LogP contribution < -0.4 is 10.6 Å². The molecule has 1 aliphatic rings. The van der Waals surface area contributed by atoms with Crippen LogP contribution in [-0.2, 0) is 11.3 Å². The second-order valence-electron chi connectivity index (χ2n) is 8.04. The van der Waals surface area contributed by atoms with Crippen LogP contribution in [0.4, 0.5) is 5.69 Å². The Hall–Kier alpha value is -4.06. The minimum Gasteiger partial charge on any atom is -0.348 e. The molecule has 0 radical (unpaired) electrons. The first kappa shape index (κ1) is 19.9. The maximum absolute atomic E-state index is 12.7. The maximum Gasteiger partial charge on any atom is 0.251 e. The lowest BCUT2D eigenvalue weighted by Crippen LogP contribution is -2.22. The van der Waals surface area contributed by atoms with Crippen LogP contribution in [0.25, 0.3) is 10.8 Å². The van der Waals surface area contributed by atoms with Gasteiger partial charge in [-0.15, -0.1) is 0 Å². The molecule has 6 heteroatoms. The zero-order chi connectivity index (χ0) is 21.9. The van der Waals surface area contributed by atoms with E-state index in [2.05, 4.69) is 20.6 Å². The molecule has 0 aliphatic heterocycles. The lowest BCUT2D eigenvalue weighted by molar-refractivity contribution is -0.117. The van der Waals surface area contributed by atoms with Crippen molar-refractivity contribution >= 4 is 28.3 Å². The van der Waals surface area contributed by atoms with Crippen molar-refractivity contribution in [3.05, 3.63) is 102 Å². The Kier molecular flexibility index (Phi) is 5.34. The number of nitrogens with one attached hydrogen (secondary N) is 2. The molecule has 158 valence electrons. The van der Waals surface area contributed by atoms with Crippen molar-refractivity contribution in [2.45, 2.75) is 18.9 Å². The summed E-state index contributed by atoms with van der Waals surface area (Å²) in [6.45, 7) is 0.435. The normalized spacial score (nSPS) is 17.0. The molecular weight excluding hydrogens is 400 g/mol. The predicted octanol–water partition coefficient (Wildman–Crippen LogP) is 4.30. The number of hydrogen-bond acceptors (Lipinski definition) is 4. The van der Waals surface area contributed by atoms with E-state index in [-0.39, 0.29) is 23.7 Å². The molecule has 2 aromatic heterocycles. The zero-order valence-electron chi connectivity index (χ0n) is 17.4. The molecule has 32 heavy (non-hydrogen) atoms. The van der Waals surface area contributed by atoms with Gasteiger partial charge in [-0.05, 0) is 65.3 Å². The number of amides is 2. The first-order valence-electron chi connectivity index (χ1n) is 10.6. The van der Waals surface area contributed by atoms with Gasteiger partial charge in [0.1, 0.15) is 0 Å². The SMILES string of the molecule is O=C(NCc1cccnc1)c1ccc([C@@H]2CC2C(=O)Nc2ccc3cnccc3c2)cc1. The Morgan fingerprint density at radius 1 is 0.906 bits per heavy atom. The van der Waals surface area contributed by atoms with Crippen LogP contribution in [0.2, 0.25) is 0 Å². The van der Waals surface area contributed by atoms with Gasteiger partial charge in [0.2, 0.25) is 5.91 Å². The van der Waals surface area contributed by atoms with Crippen LogP contribution >= 0.6 is 0 Å². The number of aromatic nitrogens is 2. The third-order valence-electron chi connectivity index (χ3n) is 5.81. The topological polar surface area (TPSA) is 84.0 Å². The van der Waals surface area contributed by atoms with Crippen molar-refractivity contribution < 1.29 is 9.59 Å². The van der Waals surface area contributed by atoms with Crippen LogP contribution in [0, 0.1) is 5.92 Å². The number of nitrogens with zero attached hydrogens (tertiary/aromatic N) is 2. The van der Waals surface area contributed by atoms with Crippen LogP contribution in [0.5, 0.6) is 0 Å². The largest absolute Gasteiger partial charge is 0.348 e. The molecular formula is C26H22N4O2. The summed E-state index contributed by atoms with van der Waals surface area (Å²) in [4.78, 5) is 33.2. The van der Waals surface area contributed by atoms with Crippen molar-refractivity contribution in [1.29, 1.82) is 0 Å². The monoisotopic (exact) mass is 422 g/mol. The number of pyridine rings is 2. The molecule has 2 aromatic carbocycles. The van der Waals surface area contributed by atoms with Gasteiger partial charge in [0, 0.05) is 53.9 Å². The smallest absolute Gasteiger partial charge is 0.251 e. The van der Waals surface area contributed by atoms with Gasteiger partial charge >= 0.3 is 0 Å². The van der Waals surface area contributed by atoms with E-state index in [1.165, 1.54) is 0 Å². The molecule has 0 spiro atoms. The summed E-state index contributed by atoms with van der Waals surface area (Å²) in [5.41, 5.74) is 3.43. The van der Waals surface area contributed by atoms with E-state index in [4.69, 9.17) is 0 Å². The molecule has 1 unspecified atom stereocenters. The molecule has 1 aliphatic carbocycles. The minimum absolute atomic E-state index is 0.0293. The summed E-state index contributed by atoms with van der Waals surface area (Å²) in [6, 6.07) is 19.0. The number of benzene rings is 2. The summed E-state index contributed by atoms with van der Waals surface area (Å²) < 4.78 is 0. The molecule has 2 amide bonds.